The van der Waals surface area contributed by atoms with E-state index in [0.29, 0.717) is 0 Å². The van der Waals surface area contributed by atoms with Crippen LogP contribution in [0.3, 0.4) is 0 Å². The Hall–Kier alpha value is -2.04. The summed E-state index contributed by atoms with van der Waals surface area (Å²) in [6, 6.07) is 2.70. The van der Waals surface area contributed by atoms with E-state index in [-0.39, 0.29) is 16.7 Å². The molecule has 1 rings (SSSR count). The Balaban J connectivity index is -0.000000417. The van der Waals surface area contributed by atoms with Crippen LogP contribution in [0.4, 0.5) is 0 Å². The van der Waals surface area contributed by atoms with Crippen LogP contribution in [0.1, 0.15) is 31.1 Å². The number of aromatic carboxylic acids is 3. The molecule has 192 valence electrons. The van der Waals surface area contributed by atoms with Crippen molar-refractivity contribution in [1.29, 1.82) is 0 Å². The van der Waals surface area contributed by atoms with Crippen molar-refractivity contribution in [3.05, 3.63) is 34.9 Å². The Morgan fingerprint density at radius 1 is 0.545 bits per heavy atom. The van der Waals surface area contributed by atoms with E-state index in [4.69, 9.17) is 44.7 Å². The van der Waals surface area contributed by atoms with E-state index in [1.165, 1.54) is 0 Å². The van der Waals surface area contributed by atoms with Gasteiger partial charge in [-0.1, -0.05) is 0 Å². The van der Waals surface area contributed by atoms with E-state index in [1.807, 2.05) is 0 Å². The van der Waals surface area contributed by atoms with Gasteiger partial charge in [0.1, 0.15) is 0 Å². The van der Waals surface area contributed by atoms with Crippen LogP contribution in [-0.4, -0.2) is 83.9 Å². The number of hydrogen-bond donors (Lipinski definition) is 9. The molecule has 9 N–H and O–H groups in total. The molecule has 0 aromatic heterocycles. The lowest BCUT2D eigenvalue weighted by molar-refractivity contribution is 0.0696. The minimum atomic E-state index is -4.15. The summed E-state index contributed by atoms with van der Waals surface area (Å²) >= 11 is 0. The summed E-state index contributed by atoms with van der Waals surface area (Å²) < 4.78 is 39.2. The minimum Gasteiger partial charge on any atom is -0.478 e. The number of phosphoric ester groups is 3. The van der Waals surface area contributed by atoms with Crippen LogP contribution in [0, 0.1) is 0 Å². The summed E-state index contributed by atoms with van der Waals surface area (Å²) in [5.41, 5.74) is -1.10. The molecule has 0 radical (unpaired) electrons. The van der Waals surface area contributed by atoms with E-state index < -0.39 is 41.4 Å². The Bertz CT molecular complexity index is 792. The predicted molar refractivity (Wildman–Crippen MR) is 104 cm³/mol. The molecule has 0 spiro atoms. The maximum absolute atomic E-state index is 10.6. The van der Waals surface area contributed by atoms with Gasteiger partial charge in [0, 0.05) is 21.3 Å². The van der Waals surface area contributed by atoms with Gasteiger partial charge in [0.25, 0.3) is 0 Å². The smallest absolute Gasteiger partial charge is 0.469 e. The van der Waals surface area contributed by atoms with E-state index in [9.17, 15) is 28.1 Å². The first-order valence-corrected chi connectivity index (χ1v) is 11.9. The van der Waals surface area contributed by atoms with Crippen LogP contribution >= 0.6 is 23.5 Å². The topological polar surface area (TPSA) is 312 Å². The zero-order valence-corrected chi connectivity index (χ0v) is 19.5. The quantitative estimate of drug-likeness (QED) is 0.211. The highest BCUT2D eigenvalue weighted by Crippen LogP contribution is 2.34. The Morgan fingerprint density at radius 2 is 0.667 bits per heavy atom. The van der Waals surface area contributed by atoms with Crippen LogP contribution in [0.2, 0.25) is 0 Å². The maximum atomic E-state index is 10.6. The number of benzene rings is 1. The van der Waals surface area contributed by atoms with Crippen molar-refractivity contribution < 1.29 is 86.3 Å². The normalized spacial score (nSPS) is 10.8. The summed E-state index contributed by atoms with van der Waals surface area (Å²) in [6.07, 6.45) is 0. The number of hydrogen-bond acceptors (Lipinski definition) is 9. The van der Waals surface area contributed by atoms with Gasteiger partial charge in [-0.2, -0.15) is 0 Å². The molecule has 0 aliphatic rings. The first-order valence-electron chi connectivity index (χ1n) is 7.29. The molecular weight excluding hydrogens is 525 g/mol. The molecule has 0 saturated heterocycles. The highest BCUT2D eigenvalue weighted by Gasteiger charge is 2.14. The summed E-state index contributed by atoms with van der Waals surface area (Å²) in [5, 5.41) is 25.8. The van der Waals surface area contributed by atoms with Crippen LogP contribution < -0.4 is 0 Å². The van der Waals surface area contributed by atoms with Crippen LogP contribution in [-0.2, 0) is 27.3 Å². The maximum Gasteiger partial charge on any atom is 0.469 e. The minimum absolute atomic E-state index is 0.368. The second-order valence-corrected chi connectivity index (χ2v) is 8.77. The molecule has 0 atom stereocenters. The van der Waals surface area contributed by atoms with Crippen molar-refractivity contribution >= 4 is 41.4 Å². The standard InChI is InChI=1S/C9H6O6.3CH5O4P/c10-7(11)4-1-5(8(12)13)3-6(2-4)9(14)15;3*1-5-6(2,3)4/h1-3H,(H,10,11)(H,12,13)(H,14,15);3*1H3,(H2,2,3,4). The lowest BCUT2D eigenvalue weighted by atomic mass is 10.1. The molecule has 0 aliphatic carbocycles. The van der Waals surface area contributed by atoms with E-state index >= 15 is 0 Å². The van der Waals surface area contributed by atoms with Crippen LogP contribution in [0.25, 0.3) is 0 Å². The fourth-order valence-electron chi connectivity index (χ4n) is 0.998. The molecule has 1 aromatic rings. The van der Waals surface area contributed by atoms with Crippen molar-refractivity contribution in [1.82, 2.24) is 0 Å². The fourth-order valence-corrected chi connectivity index (χ4v) is 0.998. The number of rotatable bonds is 6. The number of carboxylic acids is 3. The molecule has 0 heterocycles. The van der Waals surface area contributed by atoms with E-state index in [2.05, 4.69) is 13.6 Å². The van der Waals surface area contributed by atoms with Gasteiger partial charge in [0.2, 0.25) is 0 Å². The van der Waals surface area contributed by atoms with Gasteiger partial charge < -0.3 is 44.7 Å². The fraction of sp³-hybridized carbons (Fsp3) is 0.250. The average molecular weight is 546 g/mol. The summed E-state index contributed by atoms with van der Waals surface area (Å²) in [4.78, 5) is 78.0. The van der Waals surface area contributed by atoms with Gasteiger partial charge >= 0.3 is 41.4 Å². The third kappa shape index (κ3) is 24.4. The Morgan fingerprint density at radius 3 is 0.727 bits per heavy atom. The first kappa shape index (κ1) is 35.5. The van der Waals surface area contributed by atoms with E-state index in [0.717, 1.165) is 39.5 Å². The third-order valence-corrected chi connectivity index (χ3v) is 3.81. The molecule has 21 heteroatoms. The second-order valence-electron chi connectivity index (χ2n) is 4.73. The SMILES string of the molecule is COP(=O)(O)O.COP(=O)(O)O.COP(=O)(O)O.O=C(O)c1cc(C(=O)O)cc(C(=O)O)c1. The molecule has 0 saturated carbocycles. The van der Waals surface area contributed by atoms with Gasteiger partial charge in [-0.3, -0.25) is 13.6 Å². The van der Waals surface area contributed by atoms with Crippen molar-refractivity contribution in [3.8, 4) is 0 Å². The van der Waals surface area contributed by atoms with Gasteiger partial charge in [0.05, 0.1) is 16.7 Å². The zero-order chi connectivity index (χ0) is 27.2. The zero-order valence-electron chi connectivity index (χ0n) is 16.8. The summed E-state index contributed by atoms with van der Waals surface area (Å²) in [5.74, 6) is -4.12. The molecule has 0 bridgehead atoms. The first-order chi connectivity index (χ1) is 14.6. The monoisotopic (exact) mass is 546 g/mol. The second kappa shape index (κ2) is 15.7. The molecule has 18 nitrogen and oxygen atoms in total. The van der Waals surface area contributed by atoms with Gasteiger partial charge in [0.15, 0.2) is 0 Å². The molecular formula is C12H21O18P3. The largest absolute Gasteiger partial charge is 0.478 e. The Labute approximate surface area is 184 Å². The van der Waals surface area contributed by atoms with Crippen molar-refractivity contribution in [2.75, 3.05) is 21.3 Å². The van der Waals surface area contributed by atoms with Gasteiger partial charge in [-0.25, -0.2) is 28.1 Å². The van der Waals surface area contributed by atoms with E-state index in [1.54, 1.807) is 0 Å². The van der Waals surface area contributed by atoms with Gasteiger partial charge in [-0.15, -0.1) is 0 Å². The molecule has 0 aliphatic heterocycles. The number of carbonyl (C=O) groups is 3. The average Bonchev–Trinajstić information content (AvgIpc) is 2.67. The highest BCUT2D eigenvalue weighted by molar-refractivity contribution is 7.46. The number of carboxylic acid groups (broad SMARTS) is 3. The van der Waals surface area contributed by atoms with Gasteiger partial charge in [-0.05, 0) is 18.2 Å². The summed E-state index contributed by atoms with van der Waals surface area (Å²) in [6.45, 7) is 0. The lowest BCUT2D eigenvalue weighted by Crippen LogP contribution is -2.07. The van der Waals surface area contributed by atoms with Crippen molar-refractivity contribution in [2.45, 2.75) is 0 Å². The molecule has 0 unspecified atom stereocenters. The van der Waals surface area contributed by atoms with Crippen molar-refractivity contribution in [2.24, 2.45) is 0 Å². The predicted octanol–water partition coefficient (Wildman–Crippen LogP) is -0.0423. The molecule has 0 fully saturated rings. The third-order valence-electron chi connectivity index (χ3n) is 2.39. The van der Waals surface area contributed by atoms with Crippen LogP contribution in [0.5, 0.6) is 0 Å². The molecule has 1 aromatic carbocycles. The summed E-state index contributed by atoms with van der Waals surface area (Å²) in [7, 11) is -9.60. The Kier molecular flexibility index (Phi) is 17.0. The van der Waals surface area contributed by atoms with Crippen molar-refractivity contribution in [3.63, 3.8) is 0 Å². The number of phosphoric acid groups is 3. The molecule has 0 amide bonds. The molecule has 33 heavy (non-hydrogen) atoms. The van der Waals surface area contributed by atoms with Crippen LogP contribution in [0.15, 0.2) is 18.2 Å². The highest BCUT2D eigenvalue weighted by atomic mass is 31.2. The lowest BCUT2D eigenvalue weighted by Gasteiger charge is -2.00.